The number of halogens is 2. The molecule has 170 valence electrons. The van der Waals surface area contributed by atoms with Crippen LogP contribution in [0.15, 0.2) is 42.5 Å². The zero-order valence-electron chi connectivity index (χ0n) is 19.3. The molecule has 5 heteroatoms. The number of nitrogens with two attached hydrogens (primary N) is 1. The highest BCUT2D eigenvalue weighted by atomic mass is 19.1. The lowest BCUT2D eigenvalue weighted by Gasteiger charge is -2.31. The Labute approximate surface area is 185 Å². The van der Waals surface area contributed by atoms with E-state index in [9.17, 15) is 13.6 Å². The molecule has 31 heavy (non-hydrogen) atoms. The Balaban J connectivity index is 2.28. The second-order valence-corrected chi connectivity index (χ2v) is 9.57. The summed E-state index contributed by atoms with van der Waals surface area (Å²) in [5.74, 6) is -1.46. The number of amides is 2. The van der Waals surface area contributed by atoms with Gasteiger partial charge >= 0.3 is 6.03 Å². The molecule has 0 spiro atoms. The van der Waals surface area contributed by atoms with Gasteiger partial charge in [-0.2, -0.15) is 0 Å². The van der Waals surface area contributed by atoms with Crippen LogP contribution >= 0.6 is 0 Å². The highest BCUT2D eigenvalue weighted by molar-refractivity contribution is 5.91. The molecule has 2 aromatic carbocycles. The fourth-order valence-electron chi connectivity index (χ4n) is 3.98. The number of carbonyl (C=O) groups excluding carboxylic acids is 1. The Bertz CT molecular complexity index is 843. The van der Waals surface area contributed by atoms with Crippen LogP contribution < -0.4 is 10.6 Å². The van der Waals surface area contributed by atoms with Gasteiger partial charge < -0.3 is 5.73 Å². The summed E-state index contributed by atoms with van der Waals surface area (Å²) in [4.78, 5) is 13.7. The van der Waals surface area contributed by atoms with Crippen LogP contribution in [0, 0.1) is 17.0 Å². The summed E-state index contributed by atoms with van der Waals surface area (Å²) in [5, 5.41) is 0. The minimum Gasteiger partial charge on any atom is -0.351 e. The number of benzene rings is 2. The van der Waals surface area contributed by atoms with Crippen molar-refractivity contribution in [2.45, 2.75) is 78.7 Å². The summed E-state index contributed by atoms with van der Waals surface area (Å²) in [7, 11) is 0. The Morgan fingerprint density at radius 2 is 1.65 bits per heavy atom. The van der Waals surface area contributed by atoms with Crippen molar-refractivity contribution in [3.63, 3.8) is 0 Å². The van der Waals surface area contributed by atoms with E-state index in [2.05, 4.69) is 52.0 Å². The number of hydrogen-bond donors (Lipinski definition) is 1. The van der Waals surface area contributed by atoms with E-state index < -0.39 is 17.7 Å². The van der Waals surface area contributed by atoms with E-state index in [1.165, 1.54) is 16.5 Å². The van der Waals surface area contributed by atoms with Crippen molar-refractivity contribution >= 4 is 11.7 Å². The number of carbonyl (C=O) groups is 1. The molecule has 0 bridgehead atoms. The minimum atomic E-state index is -0.780. The Morgan fingerprint density at radius 1 is 1.00 bits per heavy atom. The van der Waals surface area contributed by atoms with Crippen LogP contribution in [-0.2, 0) is 12.8 Å². The molecule has 0 radical (unpaired) electrons. The topological polar surface area (TPSA) is 46.3 Å². The predicted molar refractivity (Wildman–Crippen MR) is 124 cm³/mol. The van der Waals surface area contributed by atoms with Crippen molar-refractivity contribution in [1.82, 2.24) is 0 Å². The number of anilines is 1. The first-order chi connectivity index (χ1) is 14.6. The van der Waals surface area contributed by atoms with E-state index in [0.717, 1.165) is 49.8 Å². The second kappa shape index (κ2) is 11.3. The average Bonchev–Trinajstić information content (AvgIpc) is 2.67. The van der Waals surface area contributed by atoms with Crippen molar-refractivity contribution in [3.8, 4) is 0 Å². The van der Waals surface area contributed by atoms with Gasteiger partial charge in [0.1, 0.15) is 11.6 Å². The van der Waals surface area contributed by atoms with Crippen molar-refractivity contribution in [1.29, 1.82) is 0 Å². The molecule has 2 amide bonds. The molecule has 0 saturated heterocycles. The van der Waals surface area contributed by atoms with Crippen LogP contribution in [-0.4, -0.2) is 12.1 Å². The second-order valence-electron chi connectivity index (χ2n) is 9.57. The van der Waals surface area contributed by atoms with Crippen LogP contribution in [0.25, 0.3) is 0 Å². The molecule has 1 atom stereocenters. The van der Waals surface area contributed by atoms with Gasteiger partial charge in [-0.1, -0.05) is 77.6 Å². The molecule has 1 unspecified atom stereocenters. The van der Waals surface area contributed by atoms with Crippen LogP contribution in [0.3, 0.4) is 0 Å². The van der Waals surface area contributed by atoms with Gasteiger partial charge in [-0.15, -0.1) is 0 Å². The summed E-state index contributed by atoms with van der Waals surface area (Å²) in [5.41, 5.74) is 8.23. The lowest BCUT2D eigenvalue weighted by molar-refractivity contribution is 0.250. The summed E-state index contributed by atoms with van der Waals surface area (Å²) in [6.07, 6.45) is 6.39. The monoisotopic (exact) mass is 430 g/mol. The largest absolute Gasteiger partial charge is 0.351 e. The molecule has 0 aliphatic heterocycles. The lowest BCUT2D eigenvalue weighted by Crippen LogP contribution is -2.45. The number of nitrogens with zero attached hydrogens (tertiary/aromatic N) is 1. The van der Waals surface area contributed by atoms with Crippen molar-refractivity contribution < 1.29 is 13.6 Å². The van der Waals surface area contributed by atoms with Gasteiger partial charge in [0.15, 0.2) is 0 Å². The molecule has 0 aliphatic carbocycles. The molecule has 0 aliphatic rings. The SMILES string of the molecule is CCCCCCC(Cc1ccc(CC(C)(C)C)cc1)N(C(N)=O)c1ccc(F)cc1F. The molecule has 0 heterocycles. The third kappa shape index (κ3) is 7.97. The summed E-state index contributed by atoms with van der Waals surface area (Å²) < 4.78 is 28.0. The van der Waals surface area contributed by atoms with E-state index in [1.807, 2.05) is 0 Å². The van der Waals surface area contributed by atoms with E-state index in [0.29, 0.717) is 12.8 Å². The molecule has 0 saturated carbocycles. The summed E-state index contributed by atoms with van der Waals surface area (Å²) in [6.45, 7) is 8.75. The van der Waals surface area contributed by atoms with Crippen LogP contribution in [0.2, 0.25) is 0 Å². The van der Waals surface area contributed by atoms with Gasteiger partial charge in [0.05, 0.1) is 5.69 Å². The first-order valence-corrected chi connectivity index (χ1v) is 11.2. The molecule has 0 fully saturated rings. The third-order valence-electron chi connectivity index (χ3n) is 5.39. The minimum absolute atomic E-state index is 0.0266. The van der Waals surface area contributed by atoms with E-state index in [4.69, 9.17) is 5.73 Å². The first-order valence-electron chi connectivity index (χ1n) is 11.2. The maximum atomic E-state index is 14.5. The van der Waals surface area contributed by atoms with Crippen molar-refractivity contribution in [2.75, 3.05) is 4.90 Å². The molecule has 2 N–H and O–H groups in total. The molecule has 3 nitrogen and oxygen atoms in total. The van der Waals surface area contributed by atoms with Gasteiger partial charge in [-0.05, 0) is 47.9 Å². The molecule has 0 aromatic heterocycles. The van der Waals surface area contributed by atoms with Gasteiger partial charge in [0.2, 0.25) is 0 Å². The highest BCUT2D eigenvalue weighted by Crippen LogP contribution is 2.27. The fourth-order valence-corrected chi connectivity index (χ4v) is 3.98. The summed E-state index contributed by atoms with van der Waals surface area (Å²) >= 11 is 0. The number of unbranched alkanes of at least 4 members (excludes halogenated alkanes) is 3. The molecular weight excluding hydrogens is 394 g/mol. The van der Waals surface area contributed by atoms with E-state index in [-0.39, 0.29) is 17.1 Å². The smallest absolute Gasteiger partial charge is 0.319 e. The van der Waals surface area contributed by atoms with Crippen LogP contribution in [0.4, 0.5) is 19.3 Å². The first kappa shape index (κ1) is 24.8. The van der Waals surface area contributed by atoms with E-state index >= 15 is 0 Å². The number of urea groups is 1. The molecular formula is C26H36F2N2O. The van der Waals surface area contributed by atoms with E-state index in [1.54, 1.807) is 0 Å². The fraction of sp³-hybridized carbons (Fsp3) is 0.500. The Hall–Kier alpha value is -2.43. The summed E-state index contributed by atoms with van der Waals surface area (Å²) in [6, 6.07) is 10.6. The Morgan fingerprint density at radius 3 is 2.19 bits per heavy atom. The average molecular weight is 431 g/mol. The highest BCUT2D eigenvalue weighted by Gasteiger charge is 2.26. The van der Waals surface area contributed by atoms with Gasteiger partial charge in [-0.25, -0.2) is 13.6 Å². The maximum Gasteiger partial charge on any atom is 0.319 e. The zero-order valence-corrected chi connectivity index (χ0v) is 19.3. The van der Waals surface area contributed by atoms with Crippen molar-refractivity contribution in [2.24, 2.45) is 11.1 Å². The van der Waals surface area contributed by atoms with Gasteiger partial charge in [0, 0.05) is 12.1 Å². The Kier molecular flexibility index (Phi) is 9.02. The van der Waals surface area contributed by atoms with Gasteiger partial charge in [-0.3, -0.25) is 4.90 Å². The molecule has 2 aromatic rings. The lowest BCUT2D eigenvalue weighted by atomic mass is 9.87. The number of primary amides is 1. The number of rotatable bonds is 10. The normalized spacial score (nSPS) is 12.6. The van der Waals surface area contributed by atoms with Crippen LogP contribution in [0.1, 0.15) is 70.9 Å². The molecule has 2 rings (SSSR count). The predicted octanol–water partition coefficient (Wildman–Crippen LogP) is 7.02. The maximum absolute atomic E-state index is 14.5. The third-order valence-corrected chi connectivity index (χ3v) is 5.39. The van der Waals surface area contributed by atoms with Gasteiger partial charge in [0.25, 0.3) is 0 Å². The van der Waals surface area contributed by atoms with Crippen molar-refractivity contribution in [3.05, 3.63) is 65.2 Å². The number of hydrogen-bond acceptors (Lipinski definition) is 1. The standard InChI is InChI=1S/C26H36F2N2O/c1-5-6-7-8-9-22(16-19-10-12-20(13-11-19)18-26(2,3)4)30(25(29)31)24-15-14-21(27)17-23(24)28/h10-15,17,22H,5-9,16,18H2,1-4H3,(H2,29,31). The zero-order chi connectivity index (χ0) is 23.0. The van der Waals surface area contributed by atoms with Crippen LogP contribution in [0.5, 0.6) is 0 Å². The quantitative estimate of drug-likeness (QED) is 0.404.